The molecule has 1 aliphatic rings. The van der Waals surface area contributed by atoms with Gasteiger partial charge >= 0.3 is 0 Å². The van der Waals surface area contributed by atoms with Gasteiger partial charge in [-0.25, -0.2) is 0 Å². The Balaban J connectivity index is 1.88. The van der Waals surface area contributed by atoms with Crippen LogP contribution in [0.25, 0.3) is 0 Å². The molecular weight excluding hydrogens is 288 g/mol. The molecule has 18 heavy (non-hydrogen) atoms. The van der Waals surface area contributed by atoms with Gasteiger partial charge in [0.15, 0.2) is 0 Å². The van der Waals surface area contributed by atoms with Crippen LogP contribution in [0.5, 0.6) is 0 Å². The van der Waals surface area contributed by atoms with E-state index in [9.17, 15) is 5.11 Å². The highest BCUT2D eigenvalue weighted by Crippen LogP contribution is 2.31. The van der Waals surface area contributed by atoms with Crippen molar-refractivity contribution in [3.05, 3.63) is 34.3 Å². The van der Waals surface area contributed by atoms with Crippen LogP contribution in [-0.4, -0.2) is 11.7 Å². The maximum Gasteiger partial charge on any atom is 0.0499 e. The molecule has 0 heterocycles. The largest absolute Gasteiger partial charge is 0.396 e. The topological polar surface area (TPSA) is 20.2 Å². The van der Waals surface area contributed by atoms with E-state index >= 15 is 0 Å². The maximum atomic E-state index is 9.58. The molecule has 1 N–H and O–H groups in total. The number of halogens is 1. The summed E-state index contributed by atoms with van der Waals surface area (Å²) in [7, 11) is 0. The van der Waals surface area contributed by atoms with Gasteiger partial charge in [0.1, 0.15) is 0 Å². The van der Waals surface area contributed by atoms with Crippen molar-refractivity contribution in [3.8, 4) is 0 Å². The van der Waals surface area contributed by atoms with Crippen LogP contribution >= 0.6 is 15.9 Å². The standard InChI is InChI=1S/C16H23BrO/c17-16-8-4-7-14(11-16)15(12-18)10-9-13-5-2-1-3-6-13/h4,7-8,11,13,15,18H,1-3,5-6,9-10,12H2. The van der Waals surface area contributed by atoms with E-state index in [2.05, 4.69) is 34.1 Å². The van der Waals surface area contributed by atoms with Crippen LogP contribution in [-0.2, 0) is 0 Å². The van der Waals surface area contributed by atoms with Crippen molar-refractivity contribution < 1.29 is 5.11 Å². The molecule has 0 spiro atoms. The van der Waals surface area contributed by atoms with Gasteiger partial charge in [0.25, 0.3) is 0 Å². The number of hydrogen-bond donors (Lipinski definition) is 1. The van der Waals surface area contributed by atoms with Gasteiger partial charge < -0.3 is 5.11 Å². The molecule has 1 aromatic carbocycles. The lowest BCUT2D eigenvalue weighted by atomic mass is 9.83. The van der Waals surface area contributed by atoms with Gasteiger partial charge in [-0.15, -0.1) is 0 Å². The summed E-state index contributed by atoms with van der Waals surface area (Å²) in [6, 6.07) is 8.37. The predicted molar refractivity (Wildman–Crippen MR) is 79.8 cm³/mol. The molecular formula is C16H23BrO. The molecule has 0 aliphatic heterocycles. The monoisotopic (exact) mass is 310 g/mol. The molecule has 1 unspecified atom stereocenters. The third-order valence-corrected chi connectivity index (χ3v) is 4.68. The Morgan fingerprint density at radius 3 is 2.67 bits per heavy atom. The summed E-state index contributed by atoms with van der Waals surface area (Å²) in [5, 5.41) is 9.58. The highest BCUT2D eigenvalue weighted by Gasteiger charge is 2.17. The minimum absolute atomic E-state index is 0.267. The molecule has 0 bridgehead atoms. The molecule has 1 fully saturated rings. The lowest BCUT2D eigenvalue weighted by Gasteiger charge is -2.23. The first-order valence-corrected chi connectivity index (χ1v) is 7.95. The molecule has 2 heteroatoms. The van der Waals surface area contributed by atoms with Gasteiger partial charge in [0, 0.05) is 17.0 Å². The number of aliphatic hydroxyl groups is 1. The molecule has 2 rings (SSSR count). The van der Waals surface area contributed by atoms with Gasteiger partial charge in [0.05, 0.1) is 0 Å². The lowest BCUT2D eigenvalue weighted by molar-refractivity contribution is 0.242. The van der Waals surface area contributed by atoms with E-state index in [1.54, 1.807) is 0 Å². The summed E-state index contributed by atoms with van der Waals surface area (Å²) >= 11 is 3.51. The summed E-state index contributed by atoms with van der Waals surface area (Å²) < 4.78 is 1.11. The number of hydrogen-bond acceptors (Lipinski definition) is 1. The van der Waals surface area contributed by atoms with Crippen LogP contribution < -0.4 is 0 Å². The minimum Gasteiger partial charge on any atom is -0.396 e. The van der Waals surface area contributed by atoms with Crippen LogP contribution in [0.3, 0.4) is 0 Å². The fraction of sp³-hybridized carbons (Fsp3) is 0.625. The summed E-state index contributed by atoms with van der Waals surface area (Å²) in [5.41, 5.74) is 1.27. The van der Waals surface area contributed by atoms with E-state index < -0.39 is 0 Å². The van der Waals surface area contributed by atoms with E-state index in [1.807, 2.05) is 6.07 Å². The Kier molecular flexibility index (Phi) is 5.71. The van der Waals surface area contributed by atoms with Crippen molar-refractivity contribution in [3.63, 3.8) is 0 Å². The van der Waals surface area contributed by atoms with Crippen molar-refractivity contribution in [2.45, 2.75) is 50.9 Å². The van der Waals surface area contributed by atoms with E-state index in [1.165, 1.54) is 44.1 Å². The van der Waals surface area contributed by atoms with Crippen molar-refractivity contribution in [1.82, 2.24) is 0 Å². The molecule has 100 valence electrons. The van der Waals surface area contributed by atoms with Crippen LogP contribution in [0.4, 0.5) is 0 Å². The Morgan fingerprint density at radius 2 is 2.00 bits per heavy atom. The molecule has 1 nitrogen and oxygen atoms in total. The van der Waals surface area contributed by atoms with Crippen molar-refractivity contribution in [1.29, 1.82) is 0 Å². The third kappa shape index (κ3) is 4.10. The van der Waals surface area contributed by atoms with Gasteiger partial charge in [0.2, 0.25) is 0 Å². The third-order valence-electron chi connectivity index (χ3n) is 4.19. The summed E-state index contributed by atoms with van der Waals surface area (Å²) in [5.74, 6) is 1.21. The zero-order valence-electron chi connectivity index (χ0n) is 10.9. The van der Waals surface area contributed by atoms with Crippen LogP contribution in [0.15, 0.2) is 28.7 Å². The average molecular weight is 311 g/mol. The molecule has 0 radical (unpaired) electrons. The fourth-order valence-corrected chi connectivity index (χ4v) is 3.45. The molecule has 1 saturated carbocycles. The normalized spacial score (nSPS) is 18.8. The van der Waals surface area contributed by atoms with Gasteiger partial charge in [-0.3, -0.25) is 0 Å². The SMILES string of the molecule is OCC(CCC1CCCCC1)c1cccc(Br)c1. The second-order valence-corrected chi connectivity index (χ2v) is 6.43. The van der Waals surface area contributed by atoms with Crippen LogP contribution in [0, 0.1) is 5.92 Å². The number of benzene rings is 1. The smallest absolute Gasteiger partial charge is 0.0499 e. The van der Waals surface area contributed by atoms with E-state index in [4.69, 9.17) is 0 Å². The summed E-state index contributed by atoms with van der Waals surface area (Å²) in [6.07, 6.45) is 9.44. The Hall–Kier alpha value is -0.340. The van der Waals surface area contributed by atoms with Gasteiger partial charge in [-0.1, -0.05) is 60.2 Å². The first kappa shape index (κ1) is 14.1. The van der Waals surface area contributed by atoms with Crippen LogP contribution in [0.2, 0.25) is 0 Å². The second-order valence-electron chi connectivity index (χ2n) is 5.52. The van der Waals surface area contributed by atoms with Gasteiger partial charge in [-0.2, -0.15) is 0 Å². The quantitative estimate of drug-likeness (QED) is 0.821. The van der Waals surface area contributed by atoms with E-state index in [-0.39, 0.29) is 6.61 Å². The Morgan fingerprint density at radius 1 is 1.22 bits per heavy atom. The number of aliphatic hydroxyl groups excluding tert-OH is 1. The highest BCUT2D eigenvalue weighted by molar-refractivity contribution is 9.10. The summed E-state index contributed by atoms with van der Waals surface area (Å²) in [6.45, 7) is 0.267. The first-order chi connectivity index (χ1) is 8.79. The average Bonchev–Trinajstić information content (AvgIpc) is 2.41. The Labute approximate surface area is 119 Å². The Bertz CT molecular complexity index is 358. The fourth-order valence-electron chi connectivity index (χ4n) is 3.04. The number of rotatable bonds is 5. The van der Waals surface area contributed by atoms with Crippen LogP contribution in [0.1, 0.15) is 56.4 Å². The minimum atomic E-state index is 0.267. The lowest BCUT2D eigenvalue weighted by Crippen LogP contribution is -2.10. The van der Waals surface area contributed by atoms with Crippen molar-refractivity contribution in [2.24, 2.45) is 5.92 Å². The molecule has 1 atom stereocenters. The first-order valence-electron chi connectivity index (χ1n) is 7.16. The van der Waals surface area contributed by atoms with E-state index in [0.29, 0.717) is 5.92 Å². The zero-order chi connectivity index (χ0) is 12.8. The van der Waals surface area contributed by atoms with Crippen molar-refractivity contribution >= 4 is 15.9 Å². The molecule has 1 aliphatic carbocycles. The maximum absolute atomic E-state index is 9.58. The van der Waals surface area contributed by atoms with Gasteiger partial charge in [-0.05, 0) is 36.5 Å². The second kappa shape index (κ2) is 7.30. The van der Waals surface area contributed by atoms with Crippen molar-refractivity contribution in [2.75, 3.05) is 6.61 Å². The van der Waals surface area contributed by atoms with E-state index in [0.717, 1.165) is 16.8 Å². The molecule has 1 aromatic rings. The molecule has 0 saturated heterocycles. The molecule has 0 amide bonds. The summed E-state index contributed by atoms with van der Waals surface area (Å²) in [4.78, 5) is 0. The molecule has 0 aromatic heterocycles. The zero-order valence-corrected chi connectivity index (χ0v) is 12.5. The predicted octanol–water partition coefficient (Wildman–Crippen LogP) is 4.89. The highest BCUT2D eigenvalue weighted by atomic mass is 79.9.